The summed E-state index contributed by atoms with van der Waals surface area (Å²) in [6.45, 7) is -0.479. The average Bonchev–Trinajstić information content (AvgIpc) is 3.37. The Morgan fingerprint density at radius 1 is 1.05 bits per heavy atom. The smallest absolute Gasteiger partial charge is 0.360 e. The van der Waals surface area contributed by atoms with Crippen LogP contribution >= 0.6 is 0 Å². The normalized spacial score (nSPS) is 18.0. The SMILES string of the molecule is O=C(NCC(=O)N1CCN(C(=O)c2cc(F)ccc2C(F)(F)F)CC1)c1cc(C2C=CC(F)=CC2)on1. The van der Waals surface area contributed by atoms with E-state index in [1.54, 1.807) is 6.08 Å². The standard InChI is InChI=1S/C24H21F5N4O4/c25-15-3-1-14(2-4-15)20-12-19(31-37-20)22(35)30-13-21(34)32-7-9-33(10-8-32)23(36)17-11-16(26)5-6-18(17)24(27,28)29/h1,3-6,11-12,14H,2,7-10,13H2,(H,30,35). The topological polar surface area (TPSA) is 95.8 Å². The number of piperazine rings is 1. The Morgan fingerprint density at radius 2 is 1.76 bits per heavy atom. The summed E-state index contributed by atoms with van der Waals surface area (Å²) in [7, 11) is 0. The molecule has 8 nitrogen and oxygen atoms in total. The van der Waals surface area contributed by atoms with E-state index < -0.39 is 40.8 Å². The third-order valence-electron chi connectivity index (χ3n) is 6.02. The Balaban J connectivity index is 1.28. The molecule has 37 heavy (non-hydrogen) atoms. The summed E-state index contributed by atoms with van der Waals surface area (Å²) in [6.07, 6.45) is -0.227. The van der Waals surface area contributed by atoms with E-state index in [0.717, 1.165) is 4.90 Å². The van der Waals surface area contributed by atoms with Gasteiger partial charge >= 0.3 is 6.18 Å². The zero-order chi connectivity index (χ0) is 26.7. The van der Waals surface area contributed by atoms with Crippen LogP contribution in [-0.4, -0.2) is 65.4 Å². The second-order valence-electron chi connectivity index (χ2n) is 8.45. The minimum atomic E-state index is -4.83. The number of aromatic nitrogens is 1. The molecule has 1 N–H and O–H groups in total. The lowest BCUT2D eigenvalue weighted by molar-refractivity contribution is -0.138. The van der Waals surface area contributed by atoms with Gasteiger partial charge in [0.15, 0.2) is 5.69 Å². The average molecular weight is 524 g/mol. The number of rotatable bonds is 5. The molecule has 2 aromatic rings. The van der Waals surface area contributed by atoms with Crippen molar-refractivity contribution in [2.75, 3.05) is 32.7 Å². The van der Waals surface area contributed by atoms with Gasteiger partial charge in [-0.1, -0.05) is 11.2 Å². The number of halogens is 5. The summed E-state index contributed by atoms with van der Waals surface area (Å²) in [4.78, 5) is 40.0. The predicted molar refractivity (Wildman–Crippen MR) is 118 cm³/mol. The third-order valence-corrected chi connectivity index (χ3v) is 6.02. The quantitative estimate of drug-likeness (QED) is 0.605. The first-order chi connectivity index (χ1) is 17.5. The van der Waals surface area contributed by atoms with E-state index in [1.165, 1.54) is 23.1 Å². The van der Waals surface area contributed by atoms with Crippen LogP contribution in [0.4, 0.5) is 22.0 Å². The Bertz CT molecular complexity index is 1260. The molecule has 4 rings (SSSR count). The van der Waals surface area contributed by atoms with Gasteiger partial charge in [0.1, 0.15) is 17.4 Å². The fourth-order valence-electron chi connectivity index (χ4n) is 4.00. The molecule has 1 fully saturated rings. The fourth-order valence-corrected chi connectivity index (χ4v) is 4.00. The van der Waals surface area contributed by atoms with Gasteiger partial charge in [-0.05, 0) is 36.8 Å². The highest BCUT2D eigenvalue weighted by molar-refractivity contribution is 5.96. The minimum absolute atomic E-state index is 0.0172. The molecule has 1 atom stereocenters. The Kier molecular flexibility index (Phi) is 7.41. The lowest BCUT2D eigenvalue weighted by Gasteiger charge is -2.35. The van der Waals surface area contributed by atoms with E-state index in [0.29, 0.717) is 30.4 Å². The number of amides is 3. The molecule has 0 radical (unpaired) electrons. The van der Waals surface area contributed by atoms with Crippen LogP contribution in [-0.2, 0) is 11.0 Å². The van der Waals surface area contributed by atoms with Gasteiger partial charge in [0.25, 0.3) is 11.8 Å². The van der Waals surface area contributed by atoms with Gasteiger partial charge in [-0.3, -0.25) is 14.4 Å². The number of hydrogen-bond acceptors (Lipinski definition) is 5. The largest absolute Gasteiger partial charge is 0.417 e. The van der Waals surface area contributed by atoms with E-state index in [-0.39, 0.29) is 50.2 Å². The van der Waals surface area contributed by atoms with Crippen LogP contribution in [0.15, 0.2) is 52.8 Å². The van der Waals surface area contributed by atoms with Crippen molar-refractivity contribution in [3.05, 3.63) is 76.7 Å². The Morgan fingerprint density at radius 3 is 2.41 bits per heavy atom. The number of hydrogen-bond donors (Lipinski definition) is 1. The highest BCUT2D eigenvalue weighted by atomic mass is 19.4. The maximum atomic E-state index is 13.6. The molecule has 3 amide bonds. The van der Waals surface area contributed by atoms with Crippen molar-refractivity contribution in [1.82, 2.24) is 20.3 Å². The van der Waals surface area contributed by atoms with Crippen molar-refractivity contribution in [3.63, 3.8) is 0 Å². The maximum Gasteiger partial charge on any atom is 0.417 e. The van der Waals surface area contributed by atoms with Crippen molar-refractivity contribution in [3.8, 4) is 0 Å². The molecule has 1 aliphatic carbocycles. The first-order valence-corrected chi connectivity index (χ1v) is 11.3. The van der Waals surface area contributed by atoms with Crippen LogP contribution in [0.25, 0.3) is 0 Å². The molecular weight excluding hydrogens is 503 g/mol. The first kappa shape index (κ1) is 26.0. The molecule has 2 aliphatic rings. The molecule has 2 heterocycles. The second-order valence-corrected chi connectivity index (χ2v) is 8.45. The zero-order valence-corrected chi connectivity index (χ0v) is 19.2. The number of benzene rings is 1. The second kappa shape index (κ2) is 10.5. The van der Waals surface area contributed by atoms with Gasteiger partial charge in [-0.25, -0.2) is 8.78 Å². The molecule has 1 aromatic carbocycles. The summed E-state index contributed by atoms with van der Waals surface area (Å²) >= 11 is 0. The lowest BCUT2D eigenvalue weighted by atomic mass is 9.97. The van der Waals surface area contributed by atoms with E-state index in [4.69, 9.17) is 4.52 Å². The number of carbonyl (C=O) groups is 3. The molecule has 13 heteroatoms. The van der Waals surface area contributed by atoms with Gasteiger partial charge < -0.3 is 19.6 Å². The summed E-state index contributed by atoms with van der Waals surface area (Å²) in [6, 6.07) is 3.10. The van der Waals surface area contributed by atoms with E-state index in [9.17, 15) is 36.3 Å². The third kappa shape index (κ3) is 6.04. The van der Waals surface area contributed by atoms with Gasteiger partial charge in [0.05, 0.1) is 17.7 Å². The highest BCUT2D eigenvalue weighted by Gasteiger charge is 2.37. The van der Waals surface area contributed by atoms with Crippen molar-refractivity contribution >= 4 is 17.7 Å². The number of allylic oxidation sites excluding steroid dienone is 4. The fraction of sp³-hybridized carbons (Fsp3) is 0.333. The Labute approximate surface area is 207 Å². The van der Waals surface area contributed by atoms with Gasteiger partial charge in [-0.2, -0.15) is 13.2 Å². The van der Waals surface area contributed by atoms with Crippen LogP contribution < -0.4 is 5.32 Å². The van der Waals surface area contributed by atoms with E-state index in [2.05, 4.69) is 10.5 Å². The zero-order valence-electron chi connectivity index (χ0n) is 19.2. The summed E-state index contributed by atoms with van der Waals surface area (Å²) < 4.78 is 71.6. The molecular formula is C24H21F5N4O4. The summed E-state index contributed by atoms with van der Waals surface area (Å²) in [5, 5.41) is 6.10. The molecule has 1 aliphatic heterocycles. The number of nitrogens with zero attached hydrogens (tertiary/aromatic N) is 3. The minimum Gasteiger partial charge on any atom is -0.360 e. The molecule has 1 unspecified atom stereocenters. The summed E-state index contributed by atoms with van der Waals surface area (Å²) in [5.41, 5.74) is -2.09. The molecule has 1 aromatic heterocycles. The molecule has 0 bridgehead atoms. The van der Waals surface area contributed by atoms with Gasteiger partial charge in [0, 0.05) is 38.2 Å². The molecule has 0 saturated carbocycles. The summed E-state index contributed by atoms with van der Waals surface area (Å²) in [5.74, 6) is -3.36. The predicted octanol–water partition coefficient (Wildman–Crippen LogP) is 3.44. The van der Waals surface area contributed by atoms with Crippen LogP contribution in [0.1, 0.15) is 44.5 Å². The molecule has 1 saturated heterocycles. The van der Waals surface area contributed by atoms with E-state index in [1.807, 2.05) is 0 Å². The first-order valence-electron chi connectivity index (χ1n) is 11.3. The van der Waals surface area contributed by atoms with E-state index >= 15 is 0 Å². The Hall–Kier alpha value is -4.03. The highest BCUT2D eigenvalue weighted by Crippen LogP contribution is 2.33. The van der Waals surface area contributed by atoms with Gasteiger partial charge in [-0.15, -0.1) is 0 Å². The molecule has 196 valence electrons. The van der Waals surface area contributed by atoms with Crippen LogP contribution in [0.2, 0.25) is 0 Å². The van der Waals surface area contributed by atoms with Crippen molar-refractivity contribution < 1.29 is 40.9 Å². The number of carbonyl (C=O) groups excluding carboxylic acids is 3. The van der Waals surface area contributed by atoms with Crippen molar-refractivity contribution in [2.45, 2.75) is 18.5 Å². The van der Waals surface area contributed by atoms with Crippen molar-refractivity contribution in [2.24, 2.45) is 0 Å². The van der Waals surface area contributed by atoms with Crippen molar-refractivity contribution in [1.29, 1.82) is 0 Å². The maximum absolute atomic E-state index is 13.6. The number of nitrogens with one attached hydrogen (secondary N) is 1. The van der Waals surface area contributed by atoms with Gasteiger partial charge in [0.2, 0.25) is 5.91 Å². The monoisotopic (exact) mass is 524 g/mol. The van der Waals surface area contributed by atoms with Crippen LogP contribution in [0, 0.1) is 5.82 Å². The lowest BCUT2D eigenvalue weighted by Crippen LogP contribution is -2.52. The van der Waals surface area contributed by atoms with Crippen LogP contribution in [0.5, 0.6) is 0 Å². The molecule has 0 spiro atoms. The number of alkyl halides is 3. The van der Waals surface area contributed by atoms with Crippen LogP contribution in [0.3, 0.4) is 0 Å².